The lowest BCUT2D eigenvalue weighted by Crippen LogP contribution is -2.48. The van der Waals surface area contributed by atoms with Gasteiger partial charge in [-0.1, -0.05) is 30.3 Å². The Morgan fingerprint density at radius 1 is 1.25 bits per heavy atom. The van der Waals surface area contributed by atoms with E-state index in [-0.39, 0.29) is 36.6 Å². The number of rotatable bonds is 8. The lowest BCUT2D eigenvalue weighted by Gasteiger charge is -2.34. The van der Waals surface area contributed by atoms with Crippen molar-refractivity contribution in [1.82, 2.24) is 10.6 Å². The van der Waals surface area contributed by atoms with Crippen LogP contribution in [0.15, 0.2) is 35.3 Å². The van der Waals surface area contributed by atoms with Crippen LogP contribution in [0.5, 0.6) is 0 Å². The van der Waals surface area contributed by atoms with Gasteiger partial charge in [0.05, 0.1) is 11.3 Å². The Morgan fingerprint density at radius 3 is 2.46 bits per heavy atom. The van der Waals surface area contributed by atoms with E-state index in [0.717, 1.165) is 19.4 Å². The maximum absolute atomic E-state index is 12.4. The minimum absolute atomic E-state index is 0. The molecule has 0 amide bonds. The van der Waals surface area contributed by atoms with E-state index in [1.54, 1.807) is 0 Å². The van der Waals surface area contributed by atoms with Crippen LogP contribution in [-0.2, 0) is 21.0 Å². The topological polar surface area (TPSA) is 79.8 Å². The summed E-state index contributed by atoms with van der Waals surface area (Å²) in [6.45, 7) is 6.06. The number of hydrogen-bond acceptors (Lipinski definition) is 4. The predicted octanol–water partition coefficient (Wildman–Crippen LogP) is 2.77. The zero-order valence-corrected chi connectivity index (χ0v) is 20.3. The van der Waals surface area contributed by atoms with E-state index < -0.39 is 14.6 Å². The van der Waals surface area contributed by atoms with E-state index >= 15 is 0 Å². The van der Waals surface area contributed by atoms with Gasteiger partial charge in [0.1, 0.15) is 0 Å². The summed E-state index contributed by atoms with van der Waals surface area (Å²) in [6.07, 6.45) is 4.27. The molecule has 1 fully saturated rings. The molecule has 0 radical (unpaired) electrons. The van der Waals surface area contributed by atoms with Gasteiger partial charge in [-0.2, -0.15) is 0 Å². The molecule has 6 nitrogen and oxygen atoms in total. The van der Waals surface area contributed by atoms with Crippen LogP contribution in [-0.4, -0.2) is 57.7 Å². The molecule has 1 unspecified atom stereocenters. The van der Waals surface area contributed by atoms with Crippen molar-refractivity contribution >= 4 is 39.8 Å². The Bertz CT molecular complexity index is 705. The Labute approximate surface area is 186 Å². The van der Waals surface area contributed by atoms with Crippen molar-refractivity contribution in [3.8, 4) is 0 Å². The normalized spacial score (nSPS) is 18.0. The molecule has 1 saturated heterocycles. The Hall–Kier alpha value is -0.870. The van der Waals surface area contributed by atoms with Gasteiger partial charge >= 0.3 is 0 Å². The van der Waals surface area contributed by atoms with E-state index in [1.165, 1.54) is 11.8 Å². The lowest BCUT2D eigenvalue weighted by atomic mass is 9.99. The molecular formula is C20H34IN3O3S. The van der Waals surface area contributed by atoms with Gasteiger partial charge in [-0.05, 0) is 45.1 Å². The Balaban J connectivity index is 0.00000392. The van der Waals surface area contributed by atoms with Crippen molar-refractivity contribution < 1.29 is 13.2 Å². The fourth-order valence-corrected chi connectivity index (χ4v) is 4.47. The van der Waals surface area contributed by atoms with Gasteiger partial charge in [0.25, 0.3) is 0 Å². The number of benzene rings is 1. The average molecular weight is 523 g/mol. The van der Waals surface area contributed by atoms with Gasteiger partial charge in [-0.15, -0.1) is 24.0 Å². The molecule has 1 aliphatic rings. The molecule has 1 aromatic carbocycles. The fraction of sp³-hybridized carbons (Fsp3) is 0.650. The molecule has 0 aromatic heterocycles. The SMILES string of the molecule is CCNC(=NCC1(S(C)(=O)=O)CCOCC1)NC(C)CCc1ccccc1.I. The third kappa shape index (κ3) is 7.51. The van der Waals surface area contributed by atoms with E-state index in [1.807, 2.05) is 13.0 Å². The molecule has 0 bridgehead atoms. The number of aliphatic imine (C=N–C) groups is 1. The lowest BCUT2D eigenvalue weighted by molar-refractivity contribution is 0.0768. The summed E-state index contributed by atoms with van der Waals surface area (Å²) in [5.41, 5.74) is 1.31. The van der Waals surface area contributed by atoms with Crippen LogP contribution < -0.4 is 10.6 Å². The highest BCUT2D eigenvalue weighted by Crippen LogP contribution is 2.29. The number of nitrogens with one attached hydrogen (secondary N) is 2. The number of sulfone groups is 1. The molecule has 1 atom stereocenters. The van der Waals surface area contributed by atoms with E-state index in [4.69, 9.17) is 4.74 Å². The highest BCUT2D eigenvalue weighted by Gasteiger charge is 2.42. The van der Waals surface area contributed by atoms with Crippen molar-refractivity contribution in [3.63, 3.8) is 0 Å². The van der Waals surface area contributed by atoms with Gasteiger partial charge in [0.15, 0.2) is 15.8 Å². The summed E-state index contributed by atoms with van der Waals surface area (Å²) in [4.78, 5) is 4.63. The number of ether oxygens (including phenoxy) is 1. The van der Waals surface area contributed by atoms with Crippen LogP contribution >= 0.6 is 24.0 Å². The second kappa shape index (κ2) is 12.0. The molecule has 0 spiro atoms. The first kappa shape index (κ1) is 25.2. The first-order valence-electron chi connectivity index (χ1n) is 9.72. The molecule has 0 saturated carbocycles. The predicted molar refractivity (Wildman–Crippen MR) is 126 cm³/mol. The highest BCUT2D eigenvalue weighted by molar-refractivity contribution is 14.0. The van der Waals surface area contributed by atoms with Crippen molar-refractivity contribution in [2.75, 3.05) is 32.6 Å². The summed E-state index contributed by atoms with van der Waals surface area (Å²) >= 11 is 0. The van der Waals surface area contributed by atoms with Gasteiger partial charge in [0, 0.05) is 32.1 Å². The minimum Gasteiger partial charge on any atom is -0.381 e. The maximum atomic E-state index is 12.4. The van der Waals surface area contributed by atoms with E-state index in [9.17, 15) is 8.42 Å². The summed E-state index contributed by atoms with van der Waals surface area (Å²) < 4.78 is 29.3. The fourth-order valence-electron chi connectivity index (χ4n) is 3.27. The summed E-state index contributed by atoms with van der Waals surface area (Å²) in [5.74, 6) is 0.674. The molecule has 1 aromatic rings. The summed E-state index contributed by atoms with van der Waals surface area (Å²) in [7, 11) is -3.22. The third-order valence-electron chi connectivity index (χ3n) is 5.15. The summed E-state index contributed by atoms with van der Waals surface area (Å²) in [5, 5.41) is 6.64. The summed E-state index contributed by atoms with van der Waals surface area (Å²) in [6, 6.07) is 10.6. The quantitative estimate of drug-likeness (QED) is 0.311. The molecule has 8 heteroatoms. The monoisotopic (exact) mass is 523 g/mol. The molecule has 2 N–H and O–H groups in total. The van der Waals surface area contributed by atoms with Crippen molar-refractivity contribution in [1.29, 1.82) is 0 Å². The first-order valence-corrected chi connectivity index (χ1v) is 11.6. The van der Waals surface area contributed by atoms with Crippen molar-refractivity contribution in [2.45, 2.75) is 50.3 Å². The zero-order chi connectivity index (χ0) is 19.8. The largest absolute Gasteiger partial charge is 0.381 e. The van der Waals surface area contributed by atoms with E-state index in [2.05, 4.69) is 46.8 Å². The van der Waals surface area contributed by atoms with Crippen LogP contribution in [0.25, 0.3) is 0 Å². The number of halogens is 1. The Kier molecular flexibility index (Phi) is 10.8. The number of nitrogens with zero attached hydrogens (tertiary/aromatic N) is 1. The standard InChI is InChI=1S/C20H33N3O3S.HI/c1-4-21-19(23-17(2)10-11-18-8-6-5-7-9-18)22-16-20(27(3,24)25)12-14-26-15-13-20;/h5-9,17H,4,10-16H2,1-3H3,(H2,21,22,23);1H. The van der Waals surface area contributed by atoms with Gasteiger partial charge in [-0.25, -0.2) is 8.42 Å². The second-order valence-electron chi connectivity index (χ2n) is 7.33. The number of hydrogen-bond donors (Lipinski definition) is 2. The molecule has 2 rings (SSSR count). The Morgan fingerprint density at radius 2 is 1.89 bits per heavy atom. The highest BCUT2D eigenvalue weighted by atomic mass is 127. The molecular weight excluding hydrogens is 489 g/mol. The van der Waals surface area contributed by atoms with Crippen LogP contribution in [0.1, 0.15) is 38.7 Å². The number of aryl methyl sites for hydroxylation is 1. The molecule has 28 heavy (non-hydrogen) atoms. The molecule has 1 aliphatic heterocycles. The van der Waals surface area contributed by atoms with Gasteiger partial charge < -0.3 is 15.4 Å². The van der Waals surface area contributed by atoms with Crippen LogP contribution in [0, 0.1) is 0 Å². The molecule has 1 heterocycles. The molecule has 0 aliphatic carbocycles. The van der Waals surface area contributed by atoms with Crippen molar-refractivity contribution in [3.05, 3.63) is 35.9 Å². The number of guanidine groups is 1. The third-order valence-corrected chi connectivity index (χ3v) is 7.26. The second-order valence-corrected chi connectivity index (χ2v) is 9.74. The maximum Gasteiger partial charge on any atom is 0.191 e. The van der Waals surface area contributed by atoms with Gasteiger partial charge in [0.2, 0.25) is 0 Å². The van der Waals surface area contributed by atoms with Crippen LogP contribution in [0.4, 0.5) is 0 Å². The van der Waals surface area contributed by atoms with Gasteiger partial charge in [-0.3, -0.25) is 4.99 Å². The van der Waals surface area contributed by atoms with E-state index in [0.29, 0.717) is 32.0 Å². The smallest absolute Gasteiger partial charge is 0.191 e. The minimum atomic E-state index is -3.22. The van der Waals surface area contributed by atoms with Crippen LogP contribution in [0.3, 0.4) is 0 Å². The van der Waals surface area contributed by atoms with Crippen molar-refractivity contribution in [2.24, 2.45) is 4.99 Å². The zero-order valence-electron chi connectivity index (χ0n) is 17.1. The van der Waals surface area contributed by atoms with Crippen LogP contribution in [0.2, 0.25) is 0 Å². The molecule has 160 valence electrons. The average Bonchev–Trinajstić information content (AvgIpc) is 2.65. The first-order chi connectivity index (χ1) is 12.9.